The molecule has 0 unspecified atom stereocenters. The lowest BCUT2D eigenvalue weighted by Crippen LogP contribution is -2.28. The van der Waals surface area contributed by atoms with Gasteiger partial charge in [0.15, 0.2) is 0 Å². The zero-order chi connectivity index (χ0) is 21.9. The lowest BCUT2D eigenvalue weighted by atomic mass is 9.93. The molecule has 0 aliphatic carbocycles. The molecule has 1 aliphatic heterocycles. The van der Waals surface area contributed by atoms with E-state index in [2.05, 4.69) is 70.9 Å². The summed E-state index contributed by atoms with van der Waals surface area (Å²) in [5.41, 5.74) is 6.09. The van der Waals surface area contributed by atoms with Gasteiger partial charge >= 0.3 is 6.09 Å². The molecule has 160 valence electrons. The molecule has 1 heterocycles. The van der Waals surface area contributed by atoms with Crippen molar-refractivity contribution in [1.29, 1.82) is 0 Å². The predicted octanol–water partition coefficient (Wildman–Crippen LogP) is 5.95. The highest BCUT2D eigenvalue weighted by atomic mass is 16.4. The quantitative estimate of drug-likeness (QED) is 0.403. The second-order valence-corrected chi connectivity index (χ2v) is 8.39. The fraction of sp³-hybridized carbons (Fsp3) is 0.179. The third kappa shape index (κ3) is 4.17. The number of hydrogen-bond donors (Lipinski definition) is 2. The number of nitrogens with one attached hydrogen (secondary N) is 1. The standard InChI is InChI=1S/C28H26N2O2/c31-28(32)29-26(25-12-6-10-22-9-4-5-11-24(22)25)18-21-13-14-27-23(17-21)15-16-30(27)19-20-7-2-1-3-8-20/h1-14,17,26,29H,15-16,18-19H2,(H,31,32)/t26-/m0/s1. The van der Waals surface area contributed by atoms with E-state index in [0.717, 1.165) is 41.4 Å². The van der Waals surface area contributed by atoms with Crippen LogP contribution in [-0.4, -0.2) is 17.7 Å². The zero-order valence-electron chi connectivity index (χ0n) is 17.9. The van der Waals surface area contributed by atoms with E-state index >= 15 is 0 Å². The molecule has 0 fully saturated rings. The third-order valence-electron chi connectivity index (χ3n) is 6.29. The van der Waals surface area contributed by atoms with E-state index in [1.807, 2.05) is 30.3 Å². The molecule has 0 radical (unpaired) electrons. The van der Waals surface area contributed by atoms with Crippen molar-refractivity contribution in [3.63, 3.8) is 0 Å². The molecular formula is C28H26N2O2. The van der Waals surface area contributed by atoms with Crippen molar-refractivity contribution in [2.24, 2.45) is 0 Å². The van der Waals surface area contributed by atoms with Crippen LogP contribution in [-0.2, 0) is 19.4 Å². The van der Waals surface area contributed by atoms with Crippen LogP contribution in [0.1, 0.15) is 28.3 Å². The summed E-state index contributed by atoms with van der Waals surface area (Å²) in [5, 5.41) is 14.5. The smallest absolute Gasteiger partial charge is 0.405 e. The SMILES string of the molecule is O=C(O)N[C@@H](Cc1ccc2c(c1)CCN2Cc1ccccc1)c1cccc2ccccc12. The van der Waals surface area contributed by atoms with E-state index in [9.17, 15) is 9.90 Å². The highest BCUT2D eigenvalue weighted by Gasteiger charge is 2.22. The van der Waals surface area contributed by atoms with Crippen LogP contribution in [0.25, 0.3) is 10.8 Å². The summed E-state index contributed by atoms with van der Waals surface area (Å²) in [7, 11) is 0. The highest BCUT2D eigenvalue weighted by Crippen LogP contribution is 2.32. The summed E-state index contributed by atoms with van der Waals surface area (Å²) >= 11 is 0. The summed E-state index contributed by atoms with van der Waals surface area (Å²) in [6.45, 7) is 1.92. The number of benzene rings is 4. The van der Waals surface area contributed by atoms with E-state index in [-0.39, 0.29) is 6.04 Å². The summed E-state index contributed by atoms with van der Waals surface area (Å²) in [5.74, 6) is 0. The summed E-state index contributed by atoms with van der Waals surface area (Å²) in [6.07, 6.45) is 0.631. The molecule has 1 aliphatic rings. The molecule has 1 amide bonds. The van der Waals surface area contributed by atoms with Crippen LogP contribution in [0.5, 0.6) is 0 Å². The Morgan fingerprint density at radius 2 is 1.69 bits per heavy atom. The summed E-state index contributed by atoms with van der Waals surface area (Å²) < 4.78 is 0. The van der Waals surface area contributed by atoms with Crippen molar-refractivity contribution in [1.82, 2.24) is 5.32 Å². The zero-order valence-corrected chi connectivity index (χ0v) is 17.9. The predicted molar refractivity (Wildman–Crippen MR) is 129 cm³/mol. The molecule has 1 atom stereocenters. The Balaban J connectivity index is 1.41. The molecule has 2 N–H and O–H groups in total. The Morgan fingerprint density at radius 3 is 2.53 bits per heavy atom. The molecule has 0 bridgehead atoms. The van der Waals surface area contributed by atoms with Gasteiger partial charge in [0.05, 0.1) is 6.04 Å². The van der Waals surface area contributed by atoms with Crippen LogP contribution in [0.3, 0.4) is 0 Å². The van der Waals surface area contributed by atoms with Crippen LogP contribution in [0.2, 0.25) is 0 Å². The maximum Gasteiger partial charge on any atom is 0.405 e. The van der Waals surface area contributed by atoms with Crippen LogP contribution < -0.4 is 10.2 Å². The molecule has 4 aromatic carbocycles. The van der Waals surface area contributed by atoms with Gasteiger partial charge in [-0.15, -0.1) is 0 Å². The normalized spacial score (nSPS) is 13.7. The van der Waals surface area contributed by atoms with Gasteiger partial charge in [0.1, 0.15) is 0 Å². The van der Waals surface area contributed by atoms with Crippen molar-refractivity contribution < 1.29 is 9.90 Å². The minimum Gasteiger partial charge on any atom is -0.465 e. The number of rotatable bonds is 6. The number of carbonyl (C=O) groups is 1. The Morgan fingerprint density at radius 1 is 0.906 bits per heavy atom. The van der Waals surface area contributed by atoms with Crippen LogP contribution in [0.15, 0.2) is 91.0 Å². The first-order valence-corrected chi connectivity index (χ1v) is 11.1. The van der Waals surface area contributed by atoms with Crippen molar-refractivity contribution in [3.8, 4) is 0 Å². The largest absolute Gasteiger partial charge is 0.465 e. The van der Waals surface area contributed by atoms with E-state index in [0.29, 0.717) is 6.42 Å². The molecule has 0 saturated carbocycles. The fourth-order valence-electron chi connectivity index (χ4n) is 4.80. The first kappa shape index (κ1) is 20.1. The van der Waals surface area contributed by atoms with Gasteiger partial charge in [-0.2, -0.15) is 0 Å². The summed E-state index contributed by atoms with van der Waals surface area (Å²) in [6, 6.07) is 31.0. The number of amides is 1. The van der Waals surface area contributed by atoms with Gasteiger partial charge in [0, 0.05) is 18.8 Å². The maximum atomic E-state index is 11.6. The minimum atomic E-state index is -1.00. The van der Waals surface area contributed by atoms with E-state index in [1.54, 1.807) is 0 Å². The van der Waals surface area contributed by atoms with Crippen molar-refractivity contribution in [2.75, 3.05) is 11.4 Å². The second-order valence-electron chi connectivity index (χ2n) is 8.39. The first-order valence-electron chi connectivity index (χ1n) is 11.1. The number of hydrogen-bond acceptors (Lipinski definition) is 2. The third-order valence-corrected chi connectivity index (χ3v) is 6.29. The molecular weight excluding hydrogens is 396 g/mol. The van der Waals surface area contributed by atoms with Gasteiger partial charge in [0.2, 0.25) is 0 Å². The monoisotopic (exact) mass is 422 g/mol. The molecule has 0 aromatic heterocycles. The van der Waals surface area contributed by atoms with Gasteiger partial charge in [0.25, 0.3) is 0 Å². The fourth-order valence-corrected chi connectivity index (χ4v) is 4.80. The number of carboxylic acid groups (broad SMARTS) is 1. The lowest BCUT2D eigenvalue weighted by Gasteiger charge is -2.21. The molecule has 32 heavy (non-hydrogen) atoms. The maximum absolute atomic E-state index is 11.6. The molecule has 4 nitrogen and oxygen atoms in total. The van der Waals surface area contributed by atoms with Crippen molar-refractivity contribution >= 4 is 22.6 Å². The first-order chi connectivity index (χ1) is 15.7. The van der Waals surface area contributed by atoms with Gasteiger partial charge in [-0.25, -0.2) is 4.79 Å². The number of anilines is 1. The van der Waals surface area contributed by atoms with Gasteiger partial charge in [-0.05, 0) is 51.9 Å². The molecule has 0 spiro atoms. The van der Waals surface area contributed by atoms with Gasteiger partial charge < -0.3 is 15.3 Å². The van der Waals surface area contributed by atoms with Crippen LogP contribution in [0, 0.1) is 0 Å². The average molecular weight is 423 g/mol. The van der Waals surface area contributed by atoms with E-state index in [4.69, 9.17) is 0 Å². The van der Waals surface area contributed by atoms with Crippen molar-refractivity contribution in [2.45, 2.75) is 25.4 Å². The lowest BCUT2D eigenvalue weighted by molar-refractivity contribution is 0.190. The Labute approximate surface area is 188 Å². The second kappa shape index (κ2) is 8.75. The average Bonchev–Trinajstić information content (AvgIpc) is 3.20. The number of nitrogens with zero attached hydrogens (tertiary/aromatic N) is 1. The Hall–Kier alpha value is -3.79. The Bertz CT molecular complexity index is 1250. The topological polar surface area (TPSA) is 52.6 Å². The summed E-state index contributed by atoms with van der Waals surface area (Å²) in [4.78, 5) is 14.0. The van der Waals surface area contributed by atoms with E-state index < -0.39 is 6.09 Å². The minimum absolute atomic E-state index is 0.307. The highest BCUT2D eigenvalue weighted by molar-refractivity contribution is 5.86. The Kier molecular flexibility index (Phi) is 5.51. The molecule has 4 heteroatoms. The van der Waals surface area contributed by atoms with Crippen LogP contribution in [0.4, 0.5) is 10.5 Å². The number of fused-ring (bicyclic) bond motifs is 2. The molecule has 5 rings (SSSR count). The van der Waals surface area contributed by atoms with E-state index in [1.165, 1.54) is 16.8 Å². The molecule has 0 saturated heterocycles. The van der Waals surface area contributed by atoms with Crippen molar-refractivity contribution in [3.05, 3.63) is 113 Å². The van der Waals surface area contributed by atoms with Gasteiger partial charge in [-0.1, -0.05) is 84.9 Å². The van der Waals surface area contributed by atoms with Gasteiger partial charge in [-0.3, -0.25) is 0 Å². The molecule has 4 aromatic rings. The van der Waals surface area contributed by atoms with Crippen LogP contribution >= 0.6 is 0 Å².